The topological polar surface area (TPSA) is 123 Å². The van der Waals surface area contributed by atoms with Crippen LogP contribution in [0.1, 0.15) is 39.9 Å². The lowest BCUT2D eigenvalue weighted by Gasteiger charge is -2.31. The van der Waals surface area contributed by atoms with E-state index in [1.54, 1.807) is 34.0 Å². The van der Waals surface area contributed by atoms with Gasteiger partial charge >= 0.3 is 5.97 Å². The molecule has 1 aliphatic rings. The van der Waals surface area contributed by atoms with Crippen molar-refractivity contribution in [1.82, 2.24) is 15.1 Å². The first-order valence-electron chi connectivity index (χ1n) is 14.2. The number of carboxylic acid groups (broad SMARTS) is 1. The highest BCUT2D eigenvalue weighted by atomic mass is 16.5. The van der Waals surface area contributed by atoms with E-state index in [0.29, 0.717) is 50.5 Å². The molecule has 2 amide bonds. The Morgan fingerprint density at radius 2 is 1.88 bits per heavy atom. The first-order valence-corrected chi connectivity index (χ1v) is 14.2. The summed E-state index contributed by atoms with van der Waals surface area (Å²) in [6.45, 7) is 5.37. The van der Waals surface area contributed by atoms with E-state index < -0.39 is 18.4 Å². The molecule has 0 unspecified atom stereocenters. The van der Waals surface area contributed by atoms with Gasteiger partial charge < -0.3 is 24.8 Å². The third-order valence-corrected chi connectivity index (χ3v) is 7.37. The zero-order valence-corrected chi connectivity index (χ0v) is 24.2. The van der Waals surface area contributed by atoms with E-state index in [9.17, 15) is 14.4 Å². The number of carboxylic acids is 1. The number of ether oxygens (including phenoxy) is 2. The van der Waals surface area contributed by atoms with Crippen molar-refractivity contribution in [3.05, 3.63) is 95.3 Å². The number of amides is 2. The number of nitrogens with one attached hydrogen (secondary N) is 1. The molecule has 1 aromatic heterocycles. The molecule has 3 aromatic carbocycles. The second kappa shape index (κ2) is 13.2. The number of hydrogen-bond donors (Lipinski definition) is 2. The van der Waals surface area contributed by atoms with Crippen molar-refractivity contribution in [3.63, 3.8) is 0 Å². The molecule has 10 heteroatoms. The van der Waals surface area contributed by atoms with Crippen LogP contribution in [0.25, 0.3) is 11.1 Å². The summed E-state index contributed by atoms with van der Waals surface area (Å²) in [6.07, 6.45) is 4.60. The molecular weight excluding hydrogens is 548 g/mol. The normalized spacial score (nSPS) is 12.3. The summed E-state index contributed by atoms with van der Waals surface area (Å²) in [6, 6.07) is 18.7. The van der Waals surface area contributed by atoms with Crippen LogP contribution in [0.15, 0.2) is 73.1 Å². The van der Waals surface area contributed by atoms with Gasteiger partial charge in [0.15, 0.2) is 5.75 Å². The summed E-state index contributed by atoms with van der Waals surface area (Å²) in [7, 11) is 0. The third kappa shape index (κ3) is 7.03. The Morgan fingerprint density at radius 3 is 2.72 bits per heavy atom. The number of aryl methyl sites for hydroxylation is 1. The monoisotopic (exact) mass is 582 g/mol. The highest BCUT2D eigenvalue weighted by Crippen LogP contribution is 2.40. The van der Waals surface area contributed by atoms with Crippen LogP contribution in [0, 0.1) is 13.8 Å². The highest BCUT2D eigenvalue weighted by Gasteiger charge is 2.26. The van der Waals surface area contributed by atoms with Crippen LogP contribution in [-0.4, -0.2) is 59.0 Å². The molecule has 43 heavy (non-hydrogen) atoms. The molecule has 0 saturated heterocycles. The molecular formula is C33H34N4O6. The van der Waals surface area contributed by atoms with Gasteiger partial charge in [0.1, 0.15) is 18.9 Å². The fourth-order valence-corrected chi connectivity index (χ4v) is 5.00. The molecule has 222 valence electrons. The molecule has 10 nitrogen and oxygen atoms in total. The van der Waals surface area contributed by atoms with E-state index >= 15 is 0 Å². The van der Waals surface area contributed by atoms with E-state index in [0.717, 1.165) is 33.7 Å². The summed E-state index contributed by atoms with van der Waals surface area (Å²) in [5, 5.41) is 15.7. The minimum atomic E-state index is -1.10. The van der Waals surface area contributed by atoms with Gasteiger partial charge in [0.25, 0.3) is 5.91 Å². The highest BCUT2D eigenvalue weighted by molar-refractivity contribution is 5.97. The number of hydrogen-bond acceptors (Lipinski definition) is 6. The van der Waals surface area contributed by atoms with Crippen LogP contribution in [0.2, 0.25) is 0 Å². The molecule has 2 heterocycles. The predicted molar refractivity (Wildman–Crippen MR) is 162 cm³/mol. The molecule has 1 aliphatic heterocycles. The number of benzene rings is 3. The summed E-state index contributed by atoms with van der Waals surface area (Å²) < 4.78 is 13.8. The van der Waals surface area contributed by atoms with E-state index in [1.807, 2.05) is 49.5 Å². The van der Waals surface area contributed by atoms with Crippen molar-refractivity contribution in [3.8, 4) is 22.6 Å². The first kappa shape index (κ1) is 29.4. The standard InChI is InChI=1S/C33H34N4O6/c1-22-7-3-12-29(23(22)2)42-15-6-13-30(38)37-14-16-43-32-27(10-5-11-28(32)37)26-18-35-36(21-26)20-24-8-4-9-25(17-24)33(41)34-19-31(39)40/h3-5,7-12,17-18,21H,6,13-16,19-20H2,1-2H3,(H,34,41)(H,39,40). The quantitative estimate of drug-likeness (QED) is 0.248. The molecule has 4 aromatic rings. The summed E-state index contributed by atoms with van der Waals surface area (Å²) in [4.78, 5) is 38.0. The zero-order chi connectivity index (χ0) is 30.3. The fourth-order valence-electron chi connectivity index (χ4n) is 5.00. The van der Waals surface area contributed by atoms with E-state index in [2.05, 4.69) is 23.4 Å². The summed E-state index contributed by atoms with van der Waals surface area (Å²) in [5.74, 6) is -0.0407. The van der Waals surface area contributed by atoms with Crippen LogP contribution in [0.4, 0.5) is 5.69 Å². The van der Waals surface area contributed by atoms with Crippen molar-refractivity contribution >= 4 is 23.5 Å². The van der Waals surface area contributed by atoms with Crippen LogP contribution in [-0.2, 0) is 16.1 Å². The number of fused-ring (bicyclic) bond motifs is 1. The average molecular weight is 583 g/mol. The van der Waals surface area contributed by atoms with Crippen LogP contribution in [0.3, 0.4) is 0 Å². The second-order valence-electron chi connectivity index (χ2n) is 10.4. The van der Waals surface area contributed by atoms with Gasteiger partial charge in [-0.3, -0.25) is 19.1 Å². The first-order chi connectivity index (χ1) is 20.8. The predicted octanol–water partition coefficient (Wildman–Crippen LogP) is 4.61. The average Bonchev–Trinajstić information content (AvgIpc) is 3.47. The lowest BCUT2D eigenvalue weighted by atomic mass is 10.1. The Labute approximate surface area is 249 Å². The van der Waals surface area contributed by atoms with Gasteiger partial charge in [0.05, 0.1) is 31.6 Å². The van der Waals surface area contributed by atoms with E-state index in [-0.39, 0.29) is 5.91 Å². The maximum atomic E-state index is 13.2. The minimum Gasteiger partial charge on any atom is -0.493 e. The Bertz CT molecular complexity index is 1650. The number of para-hydroxylation sites is 1. The zero-order valence-electron chi connectivity index (χ0n) is 24.2. The summed E-state index contributed by atoms with van der Waals surface area (Å²) >= 11 is 0. The van der Waals surface area contributed by atoms with Crippen LogP contribution < -0.4 is 19.7 Å². The minimum absolute atomic E-state index is 0.0224. The van der Waals surface area contributed by atoms with Gasteiger partial charge in [0.2, 0.25) is 5.91 Å². The molecule has 0 radical (unpaired) electrons. The third-order valence-electron chi connectivity index (χ3n) is 7.37. The van der Waals surface area contributed by atoms with Crippen molar-refractivity contribution in [2.75, 3.05) is 31.2 Å². The van der Waals surface area contributed by atoms with Crippen LogP contribution >= 0.6 is 0 Å². The van der Waals surface area contributed by atoms with E-state index in [4.69, 9.17) is 14.6 Å². The largest absolute Gasteiger partial charge is 0.493 e. The van der Waals surface area contributed by atoms with Crippen molar-refractivity contribution in [1.29, 1.82) is 0 Å². The summed E-state index contributed by atoms with van der Waals surface area (Å²) in [5.41, 5.74) is 5.90. The van der Waals surface area contributed by atoms with Gasteiger partial charge in [-0.1, -0.05) is 36.4 Å². The lowest BCUT2D eigenvalue weighted by molar-refractivity contribution is -0.135. The number of rotatable bonds is 11. The second-order valence-corrected chi connectivity index (χ2v) is 10.4. The number of carbonyl (C=O) groups excluding carboxylic acids is 2. The Balaban J connectivity index is 1.24. The maximum Gasteiger partial charge on any atom is 0.322 e. The maximum absolute atomic E-state index is 13.2. The Kier molecular flexibility index (Phi) is 9.05. The van der Waals surface area contributed by atoms with Gasteiger partial charge in [-0.15, -0.1) is 0 Å². The molecule has 0 aliphatic carbocycles. The van der Waals surface area contributed by atoms with Crippen LogP contribution in [0.5, 0.6) is 11.5 Å². The fraction of sp³-hybridized carbons (Fsp3) is 0.273. The molecule has 0 saturated carbocycles. The van der Waals surface area contributed by atoms with Crippen molar-refractivity contribution < 1.29 is 29.0 Å². The van der Waals surface area contributed by atoms with Crippen molar-refractivity contribution in [2.24, 2.45) is 0 Å². The van der Waals surface area contributed by atoms with E-state index in [1.165, 1.54) is 5.56 Å². The van der Waals surface area contributed by atoms with Gasteiger partial charge in [-0.25, -0.2) is 0 Å². The van der Waals surface area contributed by atoms with Crippen molar-refractivity contribution in [2.45, 2.75) is 33.2 Å². The molecule has 0 spiro atoms. The van der Waals surface area contributed by atoms with Gasteiger partial charge in [0, 0.05) is 29.3 Å². The number of nitrogens with zero attached hydrogens (tertiary/aromatic N) is 3. The van der Waals surface area contributed by atoms with Gasteiger partial charge in [-0.2, -0.15) is 5.10 Å². The molecule has 0 atom stereocenters. The smallest absolute Gasteiger partial charge is 0.322 e. The molecule has 0 fully saturated rings. The Morgan fingerprint density at radius 1 is 1.07 bits per heavy atom. The number of aliphatic carboxylic acids is 1. The molecule has 5 rings (SSSR count). The number of anilines is 1. The number of carbonyl (C=O) groups is 3. The SMILES string of the molecule is Cc1cccc(OCCCC(=O)N2CCOc3c(-c4cnn(Cc5cccc(C(=O)NCC(=O)O)c5)c4)cccc32)c1C. The Hall–Kier alpha value is -5.12. The molecule has 2 N–H and O–H groups in total. The molecule has 0 bridgehead atoms. The number of aromatic nitrogens is 2. The van der Waals surface area contributed by atoms with Gasteiger partial charge in [-0.05, 0) is 61.2 Å². The lowest BCUT2D eigenvalue weighted by Crippen LogP contribution is -2.38.